The average Bonchev–Trinajstić information content (AvgIpc) is 3.06. The first kappa shape index (κ1) is 30.4. The topological polar surface area (TPSA) is 126 Å². The van der Waals surface area contributed by atoms with Crippen molar-refractivity contribution in [2.24, 2.45) is 0 Å². The lowest BCUT2D eigenvalue weighted by atomic mass is 9.99. The summed E-state index contributed by atoms with van der Waals surface area (Å²) in [6, 6.07) is 4.87. The lowest BCUT2D eigenvalue weighted by Gasteiger charge is -2.45. The van der Waals surface area contributed by atoms with Crippen molar-refractivity contribution in [3.05, 3.63) is 82.6 Å². The third-order valence-corrected chi connectivity index (χ3v) is 10.3. The van der Waals surface area contributed by atoms with E-state index < -0.39 is 72.7 Å². The number of benzene rings is 2. The van der Waals surface area contributed by atoms with Gasteiger partial charge in [-0.05, 0) is 55.7 Å². The first-order valence-corrected chi connectivity index (χ1v) is 16.1. The van der Waals surface area contributed by atoms with Gasteiger partial charge in [0.25, 0.3) is 0 Å². The van der Waals surface area contributed by atoms with Crippen LogP contribution in [0.1, 0.15) is 37.9 Å². The molecule has 2 aliphatic rings. The van der Waals surface area contributed by atoms with E-state index in [0.29, 0.717) is 16.9 Å². The minimum atomic E-state index is -4.53. The van der Waals surface area contributed by atoms with Crippen molar-refractivity contribution in [3.63, 3.8) is 0 Å². The molecule has 2 aliphatic heterocycles. The summed E-state index contributed by atoms with van der Waals surface area (Å²) in [5.74, 6) is -4.14. The molecule has 1 saturated heterocycles. The number of phenolic OH excluding ortho intramolecular Hbond substituents is 1. The zero-order valence-corrected chi connectivity index (χ0v) is 25.9. The average molecular weight is 636 g/mol. The standard InChI is InChI=1S/C32H31F2N5O5S/c1-6-24(41)37-13-18(5)38-19(14-37)15-45(43,44)30-26-22(12-20(27(30)34)25-21(33)8-7-9-23(25)40)39(32(42)36-31(26)38)29-17(4)10-11-35-28(29)16(2)3/h6-12,16,18-19,40H,1,13-15H2,2-5H3. The number of aromatic nitrogens is 3. The summed E-state index contributed by atoms with van der Waals surface area (Å²) in [6.45, 7) is 10.9. The van der Waals surface area contributed by atoms with Crippen LogP contribution in [-0.2, 0) is 14.6 Å². The van der Waals surface area contributed by atoms with Gasteiger partial charge in [0.1, 0.15) is 22.3 Å². The van der Waals surface area contributed by atoms with Gasteiger partial charge in [0.2, 0.25) is 5.91 Å². The number of halogens is 2. The summed E-state index contributed by atoms with van der Waals surface area (Å²) in [5, 5.41) is 10.5. The molecule has 0 bridgehead atoms. The molecule has 1 amide bonds. The number of aryl methyl sites for hydroxylation is 1. The molecule has 2 unspecified atom stereocenters. The van der Waals surface area contributed by atoms with E-state index in [0.717, 1.165) is 18.2 Å². The first-order chi connectivity index (χ1) is 21.3. The van der Waals surface area contributed by atoms with Crippen molar-refractivity contribution < 1.29 is 27.1 Å². The summed E-state index contributed by atoms with van der Waals surface area (Å²) < 4.78 is 61.8. The Hall–Kier alpha value is -4.65. The van der Waals surface area contributed by atoms with E-state index in [-0.39, 0.29) is 35.7 Å². The Morgan fingerprint density at radius 3 is 2.60 bits per heavy atom. The Bertz CT molecular complexity index is 2080. The number of amides is 1. The minimum absolute atomic E-state index is 0.0434. The molecule has 0 radical (unpaired) electrons. The largest absolute Gasteiger partial charge is 0.507 e. The Labute approximate surface area is 258 Å². The number of nitrogens with zero attached hydrogens (tertiary/aromatic N) is 5. The zero-order valence-electron chi connectivity index (χ0n) is 25.1. The number of aromatic hydroxyl groups is 1. The number of carbonyl (C=O) groups excluding carboxylic acids is 1. The molecule has 0 aliphatic carbocycles. The number of phenols is 1. The van der Waals surface area contributed by atoms with Gasteiger partial charge >= 0.3 is 5.69 Å². The summed E-state index contributed by atoms with van der Waals surface area (Å²) in [7, 11) is -4.53. The lowest BCUT2D eigenvalue weighted by Crippen LogP contribution is -2.61. The van der Waals surface area contributed by atoms with Gasteiger partial charge in [0, 0.05) is 30.9 Å². The number of hydrogen-bond acceptors (Lipinski definition) is 8. The number of anilines is 1. The van der Waals surface area contributed by atoms with Gasteiger partial charge in [-0.3, -0.25) is 14.3 Å². The van der Waals surface area contributed by atoms with Crippen molar-refractivity contribution in [2.45, 2.75) is 50.6 Å². The third-order valence-electron chi connectivity index (χ3n) is 8.48. The van der Waals surface area contributed by atoms with Crippen LogP contribution in [0.2, 0.25) is 0 Å². The molecular weight excluding hydrogens is 604 g/mol. The van der Waals surface area contributed by atoms with Crippen LogP contribution in [0.3, 0.4) is 0 Å². The quantitative estimate of drug-likeness (QED) is 0.330. The Morgan fingerprint density at radius 2 is 1.93 bits per heavy atom. The monoisotopic (exact) mass is 635 g/mol. The van der Waals surface area contributed by atoms with Crippen molar-refractivity contribution in [3.8, 4) is 22.6 Å². The van der Waals surface area contributed by atoms with E-state index in [9.17, 15) is 23.1 Å². The van der Waals surface area contributed by atoms with Gasteiger partial charge in [-0.2, -0.15) is 4.98 Å². The van der Waals surface area contributed by atoms with Gasteiger partial charge in [-0.15, -0.1) is 0 Å². The second-order valence-electron chi connectivity index (χ2n) is 11.8. The van der Waals surface area contributed by atoms with Crippen LogP contribution in [0.15, 0.2) is 58.9 Å². The number of carbonyl (C=O) groups is 1. The van der Waals surface area contributed by atoms with E-state index >= 15 is 8.78 Å². The molecule has 0 saturated carbocycles. The van der Waals surface area contributed by atoms with Crippen LogP contribution in [-0.4, -0.2) is 69.8 Å². The zero-order chi connectivity index (χ0) is 32.5. The minimum Gasteiger partial charge on any atom is -0.507 e. The predicted molar refractivity (Wildman–Crippen MR) is 166 cm³/mol. The van der Waals surface area contributed by atoms with Crippen LogP contribution >= 0.6 is 0 Å². The highest BCUT2D eigenvalue weighted by atomic mass is 32.2. The van der Waals surface area contributed by atoms with Crippen molar-refractivity contribution in [1.82, 2.24) is 19.4 Å². The number of hydrogen-bond donors (Lipinski definition) is 1. The molecule has 0 spiro atoms. The van der Waals surface area contributed by atoms with Gasteiger partial charge in [0.15, 0.2) is 15.7 Å². The van der Waals surface area contributed by atoms with Crippen molar-refractivity contribution in [1.29, 1.82) is 0 Å². The fourth-order valence-electron chi connectivity index (χ4n) is 6.60. The van der Waals surface area contributed by atoms with Crippen LogP contribution in [0.25, 0.3) is 27.7 Å². The normalized spacial score (nSPS) is 19.0. The summed E-state index contributed by atoms with van der Waals surface area (Å²) in [6.07, 6.45) is 2.72. The lowest BCUT2D eigenvalue weighted by molar-refractivity contribution is -0.127. The SMILES string of the molecule is C=CC(=O)N1CC(C)N2c3nc(=O)n(-c4c(C)ccnc4C(C)C)c4cc(-c5c(O)cccc5F)c(F)c(c34)S(=O)(=O)CC2C1. The van der Waals surface area contributed by atoms with E-state index in [2.05, 4.69) is 16.5 Å². The fourth-order valence-corrected chi connectivity index (χ4v) is 8.43. The molecule has 1 N–H and O–H groups in total. The molecule has 4 aromatic rings. The van der Waals surface area contributed by atoms with Crippen molar-refractivity contribution in [2.75, 3.05) is 23.7 Å². The van der Waals surface area contributed by atoms with Crippen molar-refractivity contribution >= 4 is 32.5 Å². The molecule has 45 heavy (non-hydrogen) atoms. The number of pyridine rings is 1. The number of fused-ring (bicyclic) bond motifs is 2. The van der Waals surface area contributed by atoms with Gasteiger partial charge in [0.05, 0.1) is 39.6 Å². The van der Waals surface area contributed by atoms with Crippen LogP contribution < -0.4 is 10.6 Å². The van der Waals surface area contributed by atoms with Gasteiger partial charge in [-0.25, -0.2) is 22.0 Å². The molecule has 10 nitrogen and oxygen atoms in total. The molecule has 2 aromatic carbocycles. The summed E-state index contributed by atoms with van der Waals surface area (Å²) in [5.41, 5.74) is -0.449. The molecule has 4 heterocycles. The van der Waals surface area contributed by atoms with Crippen LogP contribution in [0.5, 0.6) is 5.75 Å². The molecule has 2 aromatic heterocycles. The van der Waals surface area contributed by atoms with Crippen LogP contribution in [0.4, 0.5) is 14.6 Å². The number of rotatable bonds is 4. The second-order valence-corrected chi connectivity index (χ2v) is 13.8. The highest BCUT2D eigenvalue weighted by molar-refractivity contribution is 7.91. The maximum Gasteiger partial charge on any atom is 0.354 e. The third kappa shape index (κ3) is 4.68. The maximum absolute atomic E-state index is 16.8. The predicted octanol–water partition coefficient (Wildman–Crippen LogP) is 4.24. The maximum atomic E-state index is 16.8. The molecule has 13 heteroatoms. The Morgan fingerprint density at radius 1 is 1.20 bits per heavy atom. The number of sulfone groups is 1. The highest BCUT2D eigenvalue weighted by Gasteiger charge is 2.44. The highest BCUT2D eigenvalue weighted by Crippen LogP contribution is 2.45. The Balaban J connectivity index is 1.81. The van der Waals surface area contributed by atoms with E-state index in [1.807, 2.05) is 13.8 Å². The summed E-state index contributed by atoms with van der Waals surface area (Å²) >= 11 is 0. The Kier molecular flexibility index (Phi) is 7.26. The van der Waals surface area contributed by atoms with E-state index in [1.165, 1.54) is 21.6 Å². The molecule has 2 atom stereocenters. The fraction of sp³-hybridized carbons (Fsp3) is 0.312. The van der Waals surface area contributed by atoms with Gasteiger partial charge < -0.3 is 14.9 Å². The van der Waals surface area contributed by atoms with E-state index in [1.54, 1.807) is 31.0 Å². The van der Waals surface area contributed by atoms with Gasteiger partial charge in [-0.1, -0.05) is 26.5 Å². The first-order valence-electron chi connectivity index (χ1n) is 14.4. The molecule has 6 rings (SSSR count). The molecular formula is C32H31F2N5O5S. The second kappa shape index (κ2) is 10.8. The van der Waals surface area contributed by atoms with Crippen LogP contribution in [0, 0.1) is 18.6 Å². The smallest absolute Gasteiger partial charge is 0.354 e. The summed E-state index contributed by atoms with van der Waals surface area (Å²) in [4.78, 5) is 38.0. The van der Waals surface area contributed by atoms with E-state index in [4.69, 9.17) is 0 Å². The molecule has 1 fully saturated rings. The molecule has 234 valence electrons. The number of piperazine rings is 1.